The van der Waals surface area contributed by atoms with Gasteiger partial charge in [0, 0.05) is 43.7 Å². The quantitative estimate of drug-likeness (QED) is 0.206. The summed E-state index contributed by atoms with van der Waals surface area (Å²) < 4.78 is 87.7. The van der Waals surface area contributed by atoms with Crippen molar-refractivity contribution >= 4 is 22.7 Å². The second-order valence-electron chi connectivity index (χ2n) is 10.6. The van der Waals surface area contributed by atoms with E-state index in [0.29, 0.717) is 31.1 Å². The van der Waals surface area contributed by atoms with E-state index in [-0.39, 0.29) is 36.8 Å². The van der Waals surface area contributed by atoms with Crippen molar-refractivity contribution in [1.82, 2.24) is 25.2 Å². The lowest BCUT2D eigenvalue weighted by Crippen LogP contribution is -2.34. The molecule has 2 aromatic heterocycles. The highest BCUT2D eigenvalue weighted by Gasteiger charge is 2.37. The fraction of sp³-hybridized carbons (Fsp3) is 0.448. The van der Waals surface area contributed by atoms with Crippen LogP contribution in [0.25, 0.3) is 10.9 Å². The first-order valence-electron chi connectivity index (χ1n) is 13.8. The summed E-state index contributed by atoms with van der Waals surface area (Å²) >= 11 is 0. The molecule has 0 radical (unpaired) electrons. The Hall–Kier alpha value is -3.94. The van der Waals surface area contributed by atoms with Gasteiger partial charge in [0.1, 0.15) is 5.82 Å². The summed E-state index contributed by atoms with van der Waals surface area (Å²) in [5.41, 5.74) is -0.511. The van der Waals surface area contributed by atoms with Crippen LogP contribution >= 0.6 is 0 Å². The van der Waals surface area contributed by atoms with Crippen LogP contribution in [-0.2, 0) is 37.2 Å². The van der Waals surface area contributed by atoms with Crippen molar-refractivity contribution in [3.8, 4) is 0 Å². The number of pyridine rings is 1. The van der Waals surface area contributed by atoms with Gasteiger partial charge in [-0.2, -0.15) is 31.1 Å². The van der Waals surface area contributed by atoms with Gasteiger partial charge in [0.25, 0.3) is 5.95 Å². The maximum absolute atomic E-state index is 13.6. The maximum atomic E-state index is 13.6. The molecule has 0 unspecified atom stereocenters. The Kier molecular flexibility index (Phi) is 8.50. The van der Waals surface area contributed by atoms with Crippen LogP contribution in [0.15, 0.2) is 42.5 Å². The van der Waals surface area contributed by atoms with Gasteiger partial charge >= 0.3 is 12.4 Å². The summed E-state index contributed by atoms with van der Waals surface area (Å²) in [7, 11) is 1.52. The minimum Gasteiger partial charge on any atom is -0.376 e. The van der Waals surface area contributed by atoms with Gasteiger partial charge in [-0.3, -0.25) is 0 Å². The molecule has 230 valence electrons. The Bertz CT molecular complexity index is 1550. The number of aryl methyl sites for hydroxylation is 2. The average Bonchev–Trinajstić information content (AvgIpc) is 3.62. The fourth-order valence-corrected chi connectivity index (χ4v) is 5.31. The highest BCUT2D eigenvalue weighted by atomic mass is 19.4. The van der Waals surface area contributed by atoms with Crippen LogP contribution in [0.2, 0.25) is 0 Å². The van der Waals surface area contributed by atoms with E-state index in [1.54, 1.807) is 0 Å². The molecule has 1 fully saturated rings. The van der Waals surface area contributed by atoms with Crippen LogP contribution in [0.3, 0.4) is 0 Å². The lowest BCUT2D eigenvalue weighted by atomic mass is 10.0. The number of alkyl halides is 6. The highest BCUT2D eigenvalue weighted by molar-refractivity contribution is 5.84. The van der Waals surface area contributed by atoms with Gasteiger partial charge in [0.15, 0.2) is 0 Å². The van der Waals surface area contributed by atoms with Crippen molar-refractivity contribution in [3.63, 3.8) is 0 Å². The molecular formula is C29H31F6N7O. The van der Waals surface area contributed by atoms with Gasteiger partial charge in [0.05, 0.1) is 29.8 Å². The van der Waals surface area contributed by atoms with Crippen molar-refractivity contribution < 1.29 is 31.1 Å². The molecule has 5 rings (SSSR count). The van der Waals surface area contributed by atoms with Crippen LogP contribution in [-0.4, -0.2) is 51.0 Å². The van der Waals surface area contributed by atoms with Gasteiger partial charge < -0.3 is 14.5 Å². The molecule has 2 aromatic carbocycles. The molecule has 14 heteroatoms. The predicted octanol–water partition coefficient (Wildman–Crippen LogP) is 6.32. The fourth-order valence-electron chi connectivity index (χ4n) is 5.31. The summed E-state index contributed by atoms with van der Waals surface area (Å²) in [6, 6.07) is 9.26. The van der Waals surface area contributed by atoms with Gasteiger partial charge in [0.2, 0.25) is 0 Å². The molecule has 0 bridgehead atoms. The van der Waals surface area contributed by atoms with E-state index < -0.39 is 23.5 Å². The van der Waals surface area contributed by atoms with Crippen molar-refractivity contribution in [2.24, 2.45) is 7.05 Å². The zero-order valence-electron chi connectivity index (χ0n) is 23.9. The standard InChI is InChI=1S/C29H31F6N7O/c1-4-41(17-24-9-6-10-43-24)26-21(13-20-8-5-7-18(2)25(20)36-26)16-42(27-37-39-40(3)38-27)15-19-11-22(28(30,31)32)14-23(12-19)29(33,34)35/h5,7-8,11-14,24H,4,6,9-10,15-17H2,1-3H3/t24-/m0/s1. The number of anilines is 2. The summed E-state index contributed by atoms with van der Waals surface area (Å²) in [6.45, 7) is 5.51. The van der Waals surface area contributed by atoms with Gasteiger partial charge in [-0.1, -0.05) is 23.3 Å². The van der Waals surface area contributed by atoms with E-state index in [1.165, 1.54) is 16.7 Å². The van der Waals surface area contributed by atoms with E-state index in [4.69, 9.17) is 9.72 Å². The first kappa shape index (κ1) is 30.5. The number of aromatic nitrogens is 5. The lowest BCUT2D eigenvalue weighted by Gasteiger charge is -2.29. The Morgan fingerprint density at radius 2 is 1.70 bits per heavy atom. The number of hydrogen-bond acceptors (Lipinski definition) is 7. The van der Waals surface area contributed by atoms with Crippen LogP contribution in [0.4, 0.5) is 38.1 Å². The largest absolute Gasteiger partial charge is 0.416 e. The number of likely N-dealkylation sites (N-methyl/N-ethyl adjacent to an activating group) is 1. The topological polar surface area (TPSA) is 72.2 Å². The zero-order valence-corrected chi connectivity index (χ0v) is 23.9. The minimum absolute atomic E-state index is 0.0193. The van der Waals surface area contributed by atoms with Gasteiger partial charge in [-0.25, -0.2) is 4.98 Å². The average molecular weight is 608 g/mol. The van der Waals surface area contributed by atoms with E-state index in [9.17, 15) is 26.3 Å². The number of tetrazole rings is 1. The molecule has 0 spiro atoms. The first-order chi connectivity index (χ1) is 20.3. The van der Waals surface area contributed by atoms with Crippen molar-refractivity contribution in [2.45, 2.75) is 58.2 Å². The number of benzene rings is 2. The minimum atomic E-state index is -4.97. The van der Waals surface area contributed by atoms with Crippen LogP contribution in [0.5, 0.6) is 0 Å². The Morgan fingerprint density at radius 3 is 2.28 bits per heavy atom. The summed E-state index contributed by atoms with van der Waals surface area (Å²) in [6.07, 6.45) is -8.05. The third kappa shape index (κ3) is 7.00. The third-order valence-corrected chi connectivity index (χ3v) is 7.40. The molecular weight excluding hydrogens is 576 g/mol. The van der Waals surface area contributed by atoms with Crippen molar-refractivity contribution in [3.05, 3.63) is 70.3 Å². The predicted molar refractivity (Wildman–Crippen MR) is 148 cm³/mol. The third-order valence-electron chi connectivity index (χ3n) is 7.40. The lowest BCUT2D eigenvalue weighted by molar-refractivity contribution is -0.143. The van der Waals surface area contributed by atoms with Gasteiger partial charge in [-0.05, 0) is 67.3 Å². The highest BCUT2D eigenvalue weighted by Crippen LogP contribution is 2.37. The maximum Gasteiger partial charge on any atom is 0.416 e. The van der Waals surface area contributed by atoms with Crippen molar-refractivity contribution in [2.75, 3.05) is 29.5 Å². The van der Waals surface area contributed by atoms with E-state index >= 15 is 0 Å². The SMILES string of the molecule is CCN(C[C@@H]1CCCO1)c1nc2c(C)cccc2cc1CN(Cc1cc(C(F)(F)F)cc(C(F)(F)F)c1)c1nnn(C)n1. The first-order valence-corrected chi connectivity index (χ1v) is 13.8. The van der Waals surface area contributed by atoms with Gasteiger partial charge in [-0.15, -0.1) is 5.10 Å². The Balaban J connectivity index is 1.60. The molecule has 0 saturated carbocycles. The summed E-state index contributed by atoms with van der Waals surface area (Å²) in [4.78, 5) is 9.79. The molecule has 0 N–H and O–H groups in total. The molecule has 0 aliphatic carbocycles. The smallest absolute Gasteiger partial charge is 0.376 e. The zero-order chi connectivity index (χ0) is 30.9. The second kappa shape index (κ2) is 12.0. The molecule has 8 nitrogen and oxygen atoms in total. The van der Waals surface area contributed by atoms with E-state index in [1.807, 2.05) is 38.1 Å². The molecule has 1 atom stereocenters. The summed E-state index contributed by atoms with van der Waals surface area (Å²) in [5, 5.41) is 13.0. The molecule has 1 aliphatic rings. The van der Waals surface area contributed by atoms with Crippen molar-refractivity contribution in [1.29, 1.82) is 0 Å². The second-order valence-corrected chi connectivity index (χ2v) is 10.6. The number of ether oxygens (including phenoxy) is 1. The molecule has 0 amide bonds. The molecule has 43 heavy (non-hydrogen) atoms. The Morgan fingerprint density at radius 1 is 0.977 bits per heavy atom. The van der Waals surface area contributed by atoms with E-state index in [0.717, 1.165) is 41.4 Å². The normalized spacial score (nSPS) is 15.8. The van der Waals surface area contributed by atoms with Crippen LogP contribution in [0, 0.1) is 6.92 Å². The van der Waals surface area contributed by atoms with E-state index in [2.05, 4.69) is 20.3 Å². The number of halogens is 6. The Labute approximate surface area is 244 Å². The molecule has 4 aromatic rings. The molecule has 1 aliphatic heterocycles. The number of para-hydroxylation sites is 1. The molecule has 3 heterocycles. The monoisotopic (exact) mass is 607 g/mol. The number of rotatable bonds is 9. The number of hydrogen-bond donors (Lipinski definition) is 0. The summed E-state index contributed by atoms with van der Waals surface area (Å²) in [5.74, 6) is 0.694. The van der Waals surface area contributed by atoms with Crippen LogP contribution < -0.4 is 9.80 Å². The number of fused-ring (bicyclic) bond motifs is 1. The molecule has 1 saturated heterocycles. The number of nitrogens with zero attached hydrogens (tertiary/aromatic N) is 7. The van der Waals surface area contributed by atoms with Crippen LogP contribution in [0.1, 0.15) is 47.6 Å².